The van der Waals surface area contributed by atoms with Crippen molar-refractivity contribution >= 4 is 25.0 Å². The average Bonchev–Trinajstić information content (AvgIpc) is 2.79. The first-order valence-corrected chi connectivity index (χ1v) is 13.3. The van der Waals surface area contributed by atoms with Crippen LogP contribution in [-0.4, -0.2) is 40.2 Å². The zero-order valence-corrected chi connectivity index (χ0v) is 20.3. The normalized spacial score (nSPS) is 19.5. The third kappa shape index (κ3) is 5.53. The van der Waals surface area contributed by atoms with E-state index in [1.165, 1.54) is 10.4 Å². The van der Waals surface area contributed by atoms with Gasteiger partial charge in [0, 0.05) is 12.5 Å². The first-order chi connectivity index (χ1) is 14.9. The number of ether oxygens (including phenoxy) is 2. The third-order valence-corrected chi connectivity index (χ3v) is 11.2. The molecule has 4 nitrogen and oxygen atoms in total. The monoisotopic (exact) mass is 440 g/mol. The Balaban J connectivity index is 1.96. The number of carbonyl (C=O) groups is 1. The van der Waals surface area contributed by atoms with Crippen molar-refractivity contribution in [3.05, 3.63) is 60.7 Å². The van der Waals surface area contributed by atoms with Crippen LogP contribution < -0.4 is 10.4 Å². The first kappa shape index (κ1) is 23.9. The van der Waals surface area contributed by atoms with Crippen molar-refractivity contribution < 1.29 is 18.7 Å². The molecule has 0 amide bonds. The number of hydrogen-bond donors (Lipinski definition) is 0. The summed E-state index contributed by atoms with van der Waals surface area (Å²) < 4.78 is 19.0. The fraction of sp³-hybridized carbons (Fsp3) is 0.500. The number of carbonyl (C=O) groups excluding carboxylic acids is 1. The Hall–Kier alpha value is -1.79. The molecule has 0 saturated carbocycles. The smallest absolute Gasteiger partial charge is 0.261 e. The van der Waals surface area contributed by atoms with Gasteiger partial charge in [0.2, 0.25) is 0 Å². The molecule has 3 atom stereocenters. The maximum Gasteiger partial charge on any atom is 0.261 e. The van der Waals surface area contributed by atoms with E-state index in [1.807, 2.05) is 19.1 Å². The van der Waals surface area contributed by atoms with Gasteiger partial charge in [-0.3, -0.25) is 0 Å². The third-order valence-electron chi connectivity index (χ3n) is 6.15. The molecular weight excluding hydrogens is 404 g/mol. The second-order valence-corrected chi connectivity index (χ2v) is 13.7. The summed E-state index contributed by atoms with van der Waals surface area (Å²) in [6.45, 7) is 9.72. The molecule has 168 valence electrons. The Morgan fingerprint density at radius 2 is 1.61 bits per heavy atom. The molecule has 2 aromatic carbocycles. The Labute approximate surface area is 188 Å². The van der Waals surface area contributed by atoms with Gasteiger partial charge in [-0.2, -0.15) is 0 Å². The minimum atomic E-state index is -2.67. The lowest BCUT2D eigenvalue weighted by Gasteiger charge is -2.44. The molecule has 1 unspecified atom stereocenters. The summed E-state index contributed by atoms with van der Waals surface area (Å²) in [5.41, 5.74) is 0. The van der Waals surface area contributed by atoms with Crippen LogP contribution in [0.5, 0.6) is 0 Å². The second kappa shape index (κ2) is 10.7. The van der Waals surface area contributed by atoms with Gasteiger partial charge in [-0.05, 0) is 34.7 Å². The van der Waals surface area contributed by atoms with Crippen LogP contribution in [-0.2, 0) is 18.7 Å². The average molecular weight is 441 g/mol. The summed E-state index contributed by atoms with van der Waals surface area (Å²) in [7, 11) is -2.67. The summed E-state index contributed by atoms with van der Waals surface area (Å²) in [6.07, 6.45) is 3.37. The zero-order chi connectivity index (χ0) is 22.3. The summed E-state index contributed by atoms with van der Waals surface area (Å²) in [6, 6.07) is 21.1. The molecule has 31 heavy (non-hydrogen) atoms. The SMILES string of the molecule is C[C@H](C=O)[C@H](CO[Si](c1ccccc1)(c1ccccc1)C(C)(C)C)OC1CCCCO1. The predicted molar refractivity (Wildman–Crippen MR) is 127 cm³/mol. The van der Waals surface area contributed by atoms with Gasteiger partial charge in [0.25, 0.3) is 8.32 Å². The van der Waals surface area contributed by atoms with Crippen LogP contribution in [0.1, 0.15) is 47.0 Å². The van der Waals surface area contributed by atoms with Gasteiger partial charge in [0.15, 0.2) is 6.29 Å². The molecule has 0 radical (unpaired) electrons. The van der Waals surface area contributed by atoms with Crippen LogP contribution in [0.25, 0.3) is 0 Å². The van der Waals surface area contributed by atoms with Crippen LogP contribution in [0, 0.1) is 5.92 Å². The van der Waals surface area contributed by atoms with Crippen molar-refractivity contribution in [1.82, 2.24) is 0 Å². The molecule has 0 spiro atoms. The molecule has 1 heterocycles. The van der Waals surface area contributed by atoms with E-state index in [2.05, 4.69) is 69.3 Å². The summed E-state index contributed by atoms with van der Waals surface area (Å²) >= 11 is 0. The van der Waals surface area contributed by atoms with Crippen LogP contribution in [0.15, 0.2) is 60.7 Å². The van der Waals surface area contributed by atoms with Crippen molar-refractivity contribution in [2.75, 3.05) is 13.2 Å². The lowest BCUT2D eigenvalue weighted by molar-refractivity contribution is -0.201. The topological polar surface area (TPSA) is 44.8 Å². The fourth-order valence-corrected chi connectivity index (χ4v) is 8.95. The van der Waals surface area contributed by atoms with E-state index in [0.717, 1.165) is 25.5 Å². The van der Waals surface area contributed by atoms with Gasteiger partial charge in [0.05, 0.1) is 12.7 Å². The molecule has 1 aliphatic rings. The minimum absolute atomic E-state index is 0.119. The maximum atomic E-state index is 11.7. The van der Waals surface area contributed by atoms with Crippen molar-refractivity contribution in [3.63, 3.8) is 0 Å². The molecule has 1 saturated heterocycles. The van der Waals surface area contributed by atoms with Crippen LogP contribution in [0.4, 0.5) is 0 Å². The molecule has 0 aliphatic carbocycles. The zero-order valence-electron chi connectivity index (χ0n) is 19.3. The van der Waals surface area contributed by atoms with E-state index in [0.29, 0.717) is 13.2 Å². The molecule has 0 N–H and O–H groups in total. The van der Waals surface area contributed by atoms with Gasteiger partial charge in [0.1, 0.15) is 6.29 Å². The van der Waals surface area contributed by atoms with Crippen molar-refractivity contribution in [2.24, 2.45) is 5.92 Å². The lowest BCUT2D eigenvalue weighted by atomic mass is 10.1. The van der Waals surface area contributed by atoms with Crippen molar-refractivity contribution in [2.45, 2.75) is 64.4 Å². The quantitative estimate of drug-likeness (QED) is 0.431. The molecule has 3 rings (SSSR count). The van der Waals surface area contributed by atoms with Crippen molar-refractivity contribution in [3.8, 4) is 0 Å². The largest absolute Gasteiger partial charge is 0.405 e. The van der Waals surface area contributed by atoms with Gasteiger partial charge in [-0.15, -0.1) is 0 Å². The van der Waals surface area contributed by atoms with E-state index < -0.39 is 8.32 Å². The number of benzene rings is 2. The van der Waals surface area contributed by atoms with Crippen LogP contribution in [0.3, 0.4) is 0 Å². The Morgan fingerprint density at radius 3 is 2.06 bits per heavy atom. The summed E-state index contributed by atoms with van der Waals surface area (Å²) in [4.78, 5) is 11.7. The number of hydrogen-bond acceptors (Lipinski definition) is 4. The number of rotatable bonds is 9. The molecule has 2 aromatic rings. The minimum Gasteiger partial charge on any atom is -0.405 e. The molecule has 1 fully saturated rings. The maximum absolute atomic E-state index is 11.7. The van der Waals surface area contributed by atoms with Gasteiger partial charge < -0.3 is 18.7 Å². The van der Waals surface area contributed by atoms with E-state index in [9.17, 15) is 4.79 Å². The van der Waals surface area contributed by atoms with E-state index in [1.54, 1.807) is 0 Å². The highest BCUT2D eigenvalue weighted by Gasteiger charge is 2.50. The molecule has 0 bridgehead atoms. The van der Waals surface area contributed by atoms with Gasteiger partial charge in [-0.25, -0.2) is 0 Å². The molecule has 0 aromatic heterocycles. The summed E-state index contributed by atoms with van der Waals surface area (Å²) in [5, 5.41) is 2.33. The highest BCUT2D eigenvalue weighted by atomic mass is 28.4. The second-order valence-electron chi connectivity index (χ2n) is 9.44. The Kier molecular flexibility index (Phi) is 8.22. The van der Waals surface area contributed by atoms with Crippen molar-refractivity contribution in [1.29, 1.82) is 0 Å². The van der Waals surface area contributed by atoms with Crippen LogP contribution in [0.2, 0.25) is 5.04 Å². The fourth-order valence-electron chi connectivity index (χ4n) is 4.38. The lowest BCUT2D eigenvalue weighted by Crippen LogP contribution is -2.67. The van der Waals surface area contributed by atoms with E-state index in [4.69, 9.17) is 13.9 Å². The predicted octanol–water partition coefficient (Wildman–Crippen LogP) is 4.31. The Morgan fingerprint density at radius 1 is 1.03 bits per heavy atom. The van der Waals surface area contributed by atoms with E-state index in [-0.39, 0.29) is 23.4 Å². The first-order valence-electron chi connectivity index (χ1n) is 11.4. The highest BCUT2D eigenvalue weighted by molar-refractivity contribution is 6.99. The van der Waals surface area contributed by atoms with E-state index >= 15 is 0 Å². The standard InChI is InChI=1S/C26H36O4Si/c1-21(19-27)24(30-25-17-11-12-18-28-25)20-29-31(26(2,3)4,22-13-7-5-8-14-22)23-15-9-6-10-16-23/h5-10,13-16,19,21,24-25H,11-12,17-18,20H2,1-4H3/t21-,24+,25?/m1/s1. The Bertz CT molecular complexity index is 758. The van der Waals surface area contributed by atoms with Gasteiger partial charge >= 0.3 is 0 Å². The molecule has 5 heteroatoms. The molecular formula is C26H36O4Si. The summed E-state index contributed by atoms with van der Waals surface area (Å²) in [5.74, 6) is -0.274. The van der Waals surface area contributed by atoms with Crippen LogP contribution >= 0.6 is 0 Å². The number of aldehydes is 1. The molecule has 1 aliphatic heterocycles. The highest BCUT2D eigenvalue weighted by Crippen LogP contribution is 2.37. The van der Waals surface area contributed by atoms with Gasteiger partial charge in [-0.1, -0.05) is 88.4 Å².